The molecule has 0 saturated heterocycles. The molecule has 12 heteroatoms. The number of hydrogen-bond donors (Lipinski definition) is 3. The van der Waals surface area contributed by atoms with E-state index in [-0.39, 0.29) is 5.91 Å². The molecule has 0 aliphatic heterocycles. The van der Waals surface area contributed by atoms with Gasteiger partial charge in [-0.2, -0.15) is 0 Å². The summed E-state index contributed by atoms with van der Waals surface area (Å²) >= 11 is 4.32. The topological polar surface area (TPSA) is 127 Å². The van der Waals surface area contributed by atoms with E-state index in [0.29, 0.717) is 27.3 Å². The molecule has 1 aromatic carbocycles. The number of nitrogens with zero attached hydrogens (tertiary/aromatic N) is 5. The molecular formula is C18H18N8OS3. The quantitative estimate of drug-likeness (QED) is 0.283. The Morgan fingerprint density at radius 3 is 2.97 bits per heavy atom. The number of carbonyl (C=O) groups excluding carboxylic acids is 1. The maximum Gasteiger partial charge on any atom is 0.259 e. The minimum absolute atomic E-state index is 0.307. The Morgan fingerprint density at radius 2 is 2.23 bits per heavy atom. The number of aryl methyl sites for hydroxylation is 2. The van der Waals surface area contributed by atoms with Gasteiger partial charge in [0.1, 0.15) is 5.82 Å². The molecule has 0 aliphatic rings. The average Bonchev–Trinajstić information content (AvgIpc) is 3.44. The van der Waals surface area contributed by atoms with Crippen molar-refractivity contribution >= 4 is 51.6 Å². The van der Waals surface area contributed by atoms with Gasteiger partial charge in [-0.1, -0.05) is 11.8 Å². The van der Waals surface area contributed by atoms with Crippen LogP contribution in [0.3, 0.4) is 0 Å². The van der Waals surface area contributed by atoms with Crippen LogP contribution in [-0.4, -0.2) is 35.6 Å². The molecule has 154 valence electrons. The van der Waals surface area contributed by atoms with E-state index in [4.69, 9.17) is 5.73 Å². The van der Waals surface area contributed by atoms with E-state index >= 15 is 0 Å². The second-order valence-electron chi connectivity index (χ2n) is 6.26. The molecule has 0 saturated carbocycles. The molecule has 0 spiro atoms. The number of carbonyl (C=O) groups is 1. The Hall–Kier alpha value is -2.83. The summed E-state index contributed by atoms with van der Waals surface area (Å²) in [5, 5.41) is 13.7. The second kappa shape index (κ2) is 8.90. The van der Waals surface area contributed by atoms with E-state index in [1.54, 1.807) is 30.1 Å². The van der Waals surface area contributed by atoms with Gasteiger partial charge < -0.3 is 10.3 Å². The normalized spacial score (nSPS) is 11.0. The van der Waals surface area contributed by atoms with Gasteiger partial charge in [0, 0.05) is 41.2 Å². The highest BCUT2D eigenvalue weighted by atomic mass is 32.2. The van der Waals surface area contributed by atoms with Crippen LogP contribution in [0, 0.1) is 6.92 Å². The predicted molar refractivity (Wildman–Crippen MR) is 119 cm³/mol. The van der Waals surface area contributed by atoms with E-state index in [1.807, 2.05) is 36.2 Å². The Labute approximate surface area is 184 Å². The van der Waals surface area contributed by atoms with Crippen LogP contribution in [0.15, 0.2) is 51.2 Å². The number of amides is 1. The zero-order chi connectivity index (χ0) is 21.1. The first-order valence-electron chi connectivity index (χ1n) is 8.80. The Kier molecular flexibility index (Phi) is 6.06. The third-order valence-electron chi connectivity index (χ3n) is 3.95. The molecule has 0 fully saturated rings. The van der Waals surface area contributed by atoms with Crippen LogP contribution < -0.4 is 11.1 Å². The van der Waals surface area contributed by atoms with Gasteiger partial charge in [-0.25, -0.2) is 15.0 Å². The van der Waals surface area contributed by atoms with Crippen molar-refractivity contribution in [3.63, 3.8) is 0 Å². The number of rotatable bonds is 7. The Bertz CT molecular complexity index is 1180. The number of imidazole rings is 1. The molecule has 0 unspecified atom stereocenters. The first-order chi connectivity index (χ1) is 14.5. The van der Waals surface area contributed by atoms with Crippen molar-refractivity contribution in [3.8, 4) is 0 Å². The van der Waals surface area contributed by atoms with Crippen molar-refractivity contribution in [2.24, 2.45) is 7.05 Å². The lowest BCUT2D eigenvalue weighted by molar-refractivity contribution is 0.102. The lowest BCUT2D eigenvalue weighted by Crippen LogP contribution is -2.14. The van der Waals surface area contributed by atoms with E-state index in [2.05, 4.69) is 30.5 Å². The van der Waals surface area contributed by atoms with Crippen LogP contribution in [0.1, 0.15) is 21.9 Å². The zero-order valence-electron chi connectivity index (χ0n) is 16.1. The standard InChI is InChI=1S/C18H18N8OS3/c1-10-21-17(25-24-10)30-12-3-4-14(19)13(7-12)15(27)23-16-22-11(8-28-16)9-29-18-20-5-6-26(18)2/h3-8H,9,19H2,1-2H3,(H,21,24,25)(H,22,23,27). The molecule has 3 aromatic heterocycles. The third-order valence-corrected chi connectivity index (χ3v) is 6.71. The summed E-state index contributed by atoms with van der Waals surface area (Å²) in [5.74, 6) is 1.09. The van der Waals surface area contributed by atoms with Gasteiger partial charge in [-0.3, -0.25) is 15.2 Å². The van der Waals surface area contributed by atoms with Crippen LogP contribution in [0.5, 0.6) is 0 Å². The fraction of sp³-hybridized carbons (Fsp3) is 0.167. The number of H-pyrrole nitrogens is 1. The summed E-state index contributed by atoms with van der Waals surface area (Å²) in [6.07, 6.45) is 3.66. The highest BCUT2D eigenvalue weighted by molar-refractivity contribution is 7.99. The van der Waals surface area contributed by atoms with Gasteiger partial charge in [-0.15, -0.1) is 16.4 Å². The number of aromatic nitrogens is 6. The van der Waals surface area contributed by atoms with E-state index in [0.717, 1.165) is 21.6 Å². The smallest absolute Gasteiger partial charge is 0.259 e. The second-order valence-corrected chi connectivity index (χ2v) is 9.10. The van der Waals surface area contributed by atoms with Crippen molar-refractivity contribution in [2.45, 2.75) is 27.9 Å². The van der Waals surface area contributed by atoms with Crippen molar-refractivity contribution < 1.29 is 4.79 Å². The molecule has 4 rings (SSSR count). The summed E-state index contributed by atoms with van der Waals surface area (Å²) < 4.78 is 1.95. The Morgan fingerprint density at radius 1 is 1.37 bits per heavy atom. The Balaban J connectivity index is 1.41. The van der Waals surface area contributed by atoms with E-state index in [1.165, 1.54) is 23.1 Å². The highest BCUT2D eigenvalue weighted by Crippen LogP contribution is 2.29. The maximum absolute atomic E-state index is 12.8. The molecule has 0 aliphatic carbocycles. The van der Waals surface area contributed by atoms with E-state index in [9.17, 15) is 4.79 Å². The number of thioether (sulfide) groups is 1. The molecule has 9 nitrogen and oxygen atoms in total. The number of nitrogen functional groups attached to an aromatic ring is 1. The van der Waals surface area contributed by atoms with E-state index < -0.39 is 0 Å². The van der Waals surface area contributed by atoms with Gasteiger partial charge in [0.15, 0.2) is 10.3 Å². The van der Waals surface area contributed by atoms with Crippen molar-refractivity contribution in [1.82, 2.24) is 29.7 Å². The summed E-state index contributed by atoms with van der Waals surface area (Å²) in [4.78, 5) is 26.6. The van der Waals surface area contributed by atoms with Gasteiger partial charge in [0.05, 0.1) is 11.3 Å². The first-order valence-corrected chi connectivity index (χ1v) is 11.5. The predicted octanol–water partition coefficient (Wildman–Crippen LogP) is 3.58. The summed E-state index contributed by atoms with van der Waals surface area (Å²) in [7, 11) is 1.95. The molecule has 30 heavy (non-hydrogen) atoms. The minimum atomic E-state index is -0.307. The highest BCUT2D eigenvalue weighted by Gasteiger charge is 2.15. The van der Waals surface area contributed by atoms with Crippen LogP contribution >= 0.6 is 34.9 Å². The molecular weight excluding hydrogens is 440 g/mol. The van der Waals surface area contributed by atoms with Crippen LogP contribution in [0.25, 0.3) is 0 Å². The molecule has 0 atom stereocenters. The molecule has 4 N–H and O–H groups in total. The molecule has 1 amide bonds. The van der Waals surface area contributed by atoms with Crippen molar-refractivity contribution in [1.29, 1.82) is 0 Å². The van der Waals surface area contributed by atoms with Gasteiger partial charge in [0.25, 0.3) is 5.91 Å². The first kappa shape index (κ1) is 20.4. The van der Waals surface area contributed by atoms with Gasteiger partial charge in [-0.05, 0) is 36.9 Å². The summed E-state index contributed by atoms with van der Waals surface area (Å²) in [6.45, 7) is 1.83. The number of benzene rings is 1. The van der Waals surface area contributed by atoms with Crippen molar-refractivity contribution in [3.05, 3.63) is 53.1 Å². The van der Waals surface area contributed by atoms with Gasteiger partial charge in [0.2, 0.25) is 5.16 Å². The van der Waals surface area contributed by atoms with Crippen LogP contribution in [0.4, 0.5) is 10.8 Å². The SMILES string of the molecule is Cc1nc(Sc2ccc(N)c(C(=O)Nc3nc(CSc4nccn4C)cs3)c2)n[nH]1. The fourth-order valence-electron chi connectivity index (χ4n) is 2.49. The number of thiazole rings is 1. The van der Waals surface area contributed by atoms with Crippen molar-refractivity contribution in [2.75, 3.05) is 11.1 Å². The third kappa shape index (κ3) is 4.83. The lowest BCUT2D eigenvalue weighted by atomic mass is 10.1. The largest absolute Gasteiger partial charge is 0.398 e. The summed E-state index contributed by atoms with van der Waals surface area (Å²) in [5.41, 5.74) is 7.68. The molecule has 0 bridgehead atoms. The van der Waals surface area contributed by atoms with Crippen LogP contribution in [0.2, 0.25) is 0 Å². The van der Waals surface area contributed by atoms with Crippen LogP contribution in [-0.2, 0) is 12.8 Å². The zero-order valence-corrected chi connectivity index (χ0v) is 18.6. The van der Waals surface area contributed by atoms with Gasteiger partial charge >= 0.3 is 0 Å². The lowest BCUT2D eigenvalue weighted by Gasteiger charge is -2.07. The average molecular weight is 459 g/mol. The monoisotopic (exact) mass is 458 g/mol. The number of nitrogens with two attached hydrogens (primary N) is 1. The summed E-state index contributed by atoms with van der Waals surface area (Å²) in [6, 6.07) is 5.26. The number of nitrogens with one attached hydrogen (secondary N) is 2. The number of hydrogen-bond acceptors (Lipinski definition) is 9. The molecule has 3 heterocycles. The number of anilines is 2. The minimum Gasteiger partial charge on any atom is -0.398 e. The number of aromatic amines is 1. The molecule has 0 radical (unpaired) electrons. The fourth-order valence-corrected chi connectivity index (χ4v) is 4.93. The maximum atomic E-state index is 12.8. The molecule has 4 aromatic rings.